The molecule has 0 fully saturated rings. The van der Waals surface area contributed by atoms with Gasteiger partial charge in [0.2, 0.25) is 0 Å². The molecule has 0 aromatic rings. The van der Waals surface area contributed by atoms with E-state index in [1.54, 1.807) is 7.11 Å². The number of terminal acetylenes is 1. The minimum absolute atomic E-state index is 0.124. The number of methoxy groups -OCH3 is 1. The first-order valence-electron chi connectivity index (χ1n) is 5.15. The van der Waals surface area contributed by atoms with Crippen LogP contribution in [-0.2, 0) is 4.74 Å². The highest BCUT2D eigenvalue weighted by Crippen LogP contribution is 2.26. The van der Waals surface area contributed by atoms with Gasteiger partial charge in [0.05, 0.1) is 11.6 Å². The summed E-state index contributed by atoms with van der Waals surface area (Å²) in [6.07, 6.45) is 8.67. The highest BCUT2D eigenvalue weighted by Gasteiger charge is 2.34. The lowest BCUT2D eigenvalue weighted by Crippen LogP contribution is -2.53. The van der Waals surface area contributed by atoms with Crippen molar-refractivity contribution in [2.45, 2.75) is 51.2 Å². The molecule has 1 atom stereocenters. The SMILES string of the molecule is C#CCCC(NN)C(CC)(CC)OC. The second-order valence-electron chi connectivity index (χ2n) is 3.44. The van der Waals surface area contributed by atoms with Gasteiger partial charge in [-0.15, -0.1) is 12.3 Å². The van der Waals surface area contributed by atoms with E-state index >= 15 is 0 Å². The van der Waals surface area contributed by atoms with Gasteiger partial charge in [0, 0.05) is 13.5 Å². The van der Waals surface area contributed by atoms with Crippen molar-refractivity contribution in [1.82, 2.24) is 5.43 Å². The first kappa shape index (κ1) is 13.4. The minimum atomic E-state index is -0.189. The zero-order chi connectivity index (χ0) is 11.0. The van der Waals surface area contributed by atoms with Crippen LogP contribution >= 0.6 is 0 Å². The molecule has 0 amide bonds. The Bertz CT molecular complexity index is 174. The molecule has 0 aliphatic carbocycles. The molecule has 0 aliphatic heterocycles. The Morgan fingerprint density at radius 3 is 2.36 bits per heavy atom. The van der Waals surface area contributed by atoms with Crippen LogP contribution < -0.4 is 11.3 Å². The van der Waals surface area contributed by atoms with Gasteiger partial charge < -0.3 is 4.74 Å². The van der Waals surface area contributed by atoms with Gasteiger partial charge in [-0.3, -0.25) is 11.3 Å². The van der Waals surface area contributed by atoms with Crippen LogP contribution in [0.1, 0.15) is 39.5 Å². The van der Waals surface area contributed by atoms with Crippen molar-refractivity contribution < 1.29 is 4.74 Å². The summed E-state index contributed by atoms with van der Waals surface area (Å²) in [6, 6.07) is 0.124. The Morgan fingerprint density at radius 1 is 1.50 bits per heavy atom. The maximum Gasteiger partial charge on any atom is 0.0839 e. The van der Waals surface area contributed by atoms with Gasteiger partial charge in [-0.1, -0.05) is 13.8 Å². The van der Waals surface area contributed by atoms with E-state index in [9.17, 15) is 0 Å². The van der Waals surface area contributed by atoms with Gasteiger partial charge >= 0.3 is 0 Å². The van der Waals surface area contributed by atoms with E-state index in [1.807, 2.05) is 0 Å². The Hall–Kier alpha value is -0.560. The third-order valence-electron chi connectivity index (χ3n) is 3.02. The molecule has 0 saturated carbocycles. The molecule has 0 bridgehead atoms. The molecule has 0 aromatic carbocycles. The van der Waals surface area contributed by atoms with Crippen molar-refractivity contribution in [1.29, 1.82) is 0 Å². The van der Waals surface area contributed by atoms with E-state index in [-0.39, 0.29) is 11.6 Å². The van der Waals surface area contributed by atoms with Crippen molar-refractivity contribution in [2.75, 3.05) is 7.11 Å². The predicted molar refractivity (Wildman–Crippen MR) is 59.5 cm³/mol. The van der Waals surface area contributed by atoms with Gasteiger partial charge in [-0.25, -0.2) is 0 Å². The first-order valence-corrected chi connectivity index (χ1v) is 5.15. The zero-order valence-electron chi connectivity index (χ0n) is 9.47. The van der Waals surface area contributed by atoms with Crippen LogP contribution in [-0.4, -0.2) is 18.8 Å². The standard InChI is InChI=1S/C11H22N2O/c1-5-8-9-10(13-12)11(6-2,7-3)14-4/h1,10,13H,6-9,12H2,2-4H3. The molecule has 0 rings (SSSR count). The van der Waals surface area contributed by atoms with Crippen molar-refractivity contribution in [3.63, 3.8) is 0 Å². The van der Waals surface area contributed by atoms with Crippen LogP contribution in [0.4, 0.5) is 0 Å². The molecule has 3 heteroatoms. The zero-order valence-corrected chi connectivity index (χ0v) is 9.47. The lowest BCUT2D eigenvalue weighted by molar-refractivity contribution is -0.0491. The molecule has 0 aromatic heterocycles. The summed E-state index contributed by atoms with van der Waals surface area (Å²) < 4.78 is 5.58. The number of hydrogen-bond acceptors (Lipinski definition) is 3. The topological polar surface area (TPSA) is 47.3 Å². The van der Waals surface area contributed by atoms with Crippen LogP contribution in [0.3, 0.4) is 0 Å². The second kappa shape index (κ2) is 6.83. The van der Waals surface area contributed by atoms with Gasteiger partial charge in [-0.2, -0.15) is 0 Å². The summed E-state index contributed by atoms with van der Waals surface area (Å²) in [5.74, 6) is 8.15. The van der Waals surface area contributed by atoms with Crippen LogP contribution in [0.25, 0.3) is 0 Å². The first-order chi connectivity index (χ1) is 6.70. The lowest BCUT2D eigenvalue weighted by atomic mass is 9.86. The summed E-state index contributed by atoms with van der Waals surface area (Å²) >= 11 is 0. The predicted octanol–water partition coefficient (Wildman–Crippen LogP) is 1.44. The third kappa shape index (κ3) is 2.98. The summed E-state index contributed by atoms with van der Waals surface area (Å²) in [6.45, 7) is 4.21. The Labute approximate surface area is 87.4 Å². The van der Waals surface area contributed by atoms with Gasteiger partial charge in [0.25, 0.3) is 0 Å². The summed E-state index contributed by atoms with van der Waals surface area (Å²) in [5, 5.41) is 0. The average Bonchev–Trinajstić information content (AvgIpc) is 2.25. The fraction of sp³-hybridized carbons (Fsp3) is 0.818. The molecule has 3 N–H and O–H groups in total. The molecule has 0 radical (unpaired) electrons. The molecule has 14 heavy (non-hydrogen) atoms. The smallest absolute Gasteiger partial charge is 0.0839 e. The fourth-order valence-corrected chi connectivity index (χ4v) is 1.90. The Balaban J connectivity index is 4.49. The highest BCUT2D eigenvalue weighted by atomic mass is 16.5. The lowest BCUT2D eigenvalue weighted by Gasteiger charge is -2.37. The summed E-state index contributed by atoms with van der Waals surface area (Å²) in [4.78, 5) is 0. The monoisotopic (exact) mass is 198 g/mol. The fourth-order valence-electron chi connectivity index (χ4n) is 1.90. The van der Waals surface area contributed by atoms with E-state index < -0.39 is 0 Å². The summed E-state index contributed by atoms with van der Waals surface area (Å²) in [5.41, 5.74) is 2.62. The van der Waals surface area contributed by atoms with Crippen LogP contribution in [0.5, 0.6) is 0 Å². The molecule has 0 saturated heterocycles. The third-order valence-corrected chi connectivity index (χ3v) is 3.02. The van der Waals surface area contributed by atoms with Gasteiger partial charge in [-0.05, 0) is 19.3 Å². The number of hydrogen-bond donors (Lipinski definition) is 2. The molecule has 0 aliphatic rings. The minimum Gasteiger partial charge on any atom is -0.377 e. The van der Waals surface area contributed by atoms with E-state index in [2.05, 4.69) is 25.2 Å². The van der Waals surface area contributed by atoms with Crippen LogP contribution in [0, 0.1) is 12.3 Å². The van der Waals surface area contributed by atoms with E-state index in [0.717, 1.165) is 25.7 Å². The van der Waals surface area contributed by atoms with Crippen molar-refractivity contribution in [3.05, 3.63) is 0 Å². The van der Waals surface area contributed by atoms with Crippen LogP contribution in [0.15, 0.2) is 0 Å². The Kier molecular flexibility index (Phi) is 6.56. The molecule has 0 heterocycles. The van der Waals surface area contributed by atoms with Gasteiger partial charge in [0.15, 0.2) is 0 Å². The van der Waals surface area contributed by atoms with E-state index in [1.165, 1.54) is 0 Å². The van der Waals surface area contributed by atoms with E-state index in [4.69, 9.17) is 17.0 Å². The molecule has 3 nitrogen and oxygen atoms in total. The number of nitrogens with two attached hydrogens (primary N) is 1. The number of nitrogens with one attached hydrogen (secondary N) is 1. The normalized spacial score (nSPS) is 13.6. The van der Waals surface area contributed by atoms with Crippen molar-refractivity contribution in [3.8, 4) is 12.3 Å². The van der Waals surface area contributed by atoms with Crippen molar-refractivity contribution >= 4 is 0 Å². The number of rotatable bonds is 7. The average molecular weight is 198 g/mol. The molecule has 82 valence electrons. The molecular weight excluding hydrogens is 176 g/mol. The molecular formula is C11H22N2O. The number of hydrazine groups is 1. The van der Waals surface area contributed by atoms with Gasteiger partial charge in [0.1, 0.15) is 0 Å². The summed E-state index contributed by atoms with van der Waals surface area (Å²) in [7, 11) is 1.73. The Morgan fingerprint density at radius 2 is 2.07 bits per heavy atom. The van der Waals surface area contributed by atoms with Crippen molar-refractivity contribution in [2.24, 2.45) is 5.84 Å². The maximum absolute atomic E-state index is 5.58. The molecule has 1 unspecified atom stereocenters. The second-order valence-corrected chi connectivity index (χ2v) is 3.44. The largest absolute Gasteiger partial charge is 0.377 e. The van der Waals surface area contributed by atoms with E-state index in [0.29, 0.717) is 0 Å². The molecule has 0 spiro atoms. The quantitative estimate of drug-likeness (QED) is 0.370. The number of ether oxygens (including phenoxy) is 1. The van der Waals surface area contributed by atoms with Crippen LogP contribution in [0.2, 0.25) is 0 Å². The highest BCUT2D eigenvalue weighted by molar-refractivity contribution is 4.94. The maximum atomic E-state index is 5.58.